The number of aromatic nitrogens is 2. The minimum Gasteiger partial charge on any atom is -0.223 e. The molecule has 0 fully saturated rings. The van der Waals surface area contributed by atoms with Gasteiger partial charge in [-0.25, -0.2) is 9.13 Å². The van der Waals surface area contributed by atoms with Crippen molar-refractivity contribution in [3.63, 3.8) is 0 Å². The monoisotopic (exact) mass is 289 g/mol. The summed E-state index contributed by atoms with van der Waals surface area (Å²) in [7, 11) is 0. The lowest BCUT2D eigenvalue weighted by atomic mass is 10.2. The van der Waals surface area contributed by atoms with E-state index in [-0.39, 0.29) is 0 Å². The average molecular weight is 289 g/mol. The molecule has 1 rings (SSSR count). The molecule has 1 heterocycles. The van der Waals surface area contributed by atoms with Crippen LogP contribution in [0.4, 0.5) is 26.3 Å². The highest BCUT2D eigenvalue weighted by Gasteiger charge is 2.55. The molecule has 1 aromatic heterocycles. The first kappa shape index (κ1) is 15.8. The van der Waals surface area contributed by atoms with Crippen LogP contribution < -0.4 is 4.57 Å². The SMILES string of the molecule is CC(C)n1c[n+](C(C)C)c(C(F)(F)F)c1C(F)(F)F. The van der Waals surface area contributed by atoms with Crippen LogP contribution in [0.2, 0.25) is 0 Å². The maximum atomic E-state index is 12.9. The highest BCUT2D eigenvalue weighted by atomic mass is 19.4. The van der Waals surface area contributed by atoms with Gasteiger partial charge in [-0.05, 0) is 27.7 Å². The largest absolute Gasteiger partial charge is 0.457 e. The van der Waals surface area contributed by atoms with Crippen LogP contribution in [0.3, 0.4) is 0 Å². The summed E-state index contributed by atoms with van der Waals surface area (Å²) in [6.45, 7) is 5.61. The first-order chi connectivity index (χ1) is 8.37. The minimum absolute atomic E-state index is 0.614. The molecule has 0 aliphatic heterocycles. The fourth-order valence-corrected chi connectivity index (χ4v) is 1.84. The van der Waals surface area contributed by atoms with Crippen molar-refractivity contribution in [3.8, 4) is 0 Å². The van der Waals surface area contributed by atoms with E-state index >= 15 is 0 Å². The standard InChI is InChI=1S/C11H15F6N2/c1-6(2)18-5-19(7(3)4)9(11(15,16)17)8(18)10(12,13)14/h5-7H,1-4H3/q+1. The molecule has 0 aromatic carbocycles. The third kappa shape index (κ3) is 3.03. The molecular formula is C11H15F6N2+. The number of imidazole rings is 1. The maximum absolute atomic E-state index is 12.9. The molecular weight excluding hydrogens is 274 g/mol. The molecule has 110 valence electrons. The Morgan fingerprint density at radius 1 is 0.947 bits per heavy atom. The summed E-state index contributed by atoms with van der Waals surface area (Å²) in [5.74, 6) is 0. The van der Waals surface area contributed by atoms with Gasteiger partial charge in [-0.2, -0.15) is 26.3 Å². The minimum atomic E-state index is -5.06. The Balaban J connectivity index is 3.73. The predicted octanol–water partition coefficient (Wildman–Crippen LogP) is 3.98. The zero-order valence-corrected chi connectivity index (χ0v) is 10.9. The molecule has 0 saturated heterocycles. The molecule has 2 nitrogen and oxygen atoms in total. The van der Waals surface area contributed by atoms with Crippen molar-refractivity contribution in [2.24, 2.45) is 0 Å². The van der Waals surface area contributed by atoms with Crippen LogP contribution in [-0.4, -0.2) is 4.57 Å². The van der Waals surface area contributed by atoms with Gasteiger partial charge < -0.3 is 0 Å². The third-order valence-electron chi connectivity index (χ3n) is 2.64. The van der Waals surface area contributed by atoms with Gasteiger partial charge in [-0.3, -0.25) is 0 Å². The molecule has 0 aliphatic rings. The van der Waals surface area contributed by atoms with E-state index < -0.39 is 35.8 Å². The van der Waals surface area contributed by atoms with E-state index in [1.807, 2.05) is 0 Å². The quantitative estimate of drug-likeness (QED) is 0.575. The topological polar surface area (TPSA) is 8.81 Å². The lowest BCUT2D eigenvalue weighted by molar-refractivity contribution is -0.732. The Morgan fingerprint density at radius 3 is 1.68 bits per heavy atom. The molecule has 0 bridgehead atoms. The third-order valence-corrected chi connectivity index (χ3v) is 2.64. The van der Waals surface area contributed by atoms with E-state index in [4.69, 9.17) is 0 Å². The van der Waals surface area contributed by atoms with E-state index in [0.717, 1.165) is 6.33 Å². The van der Waals surface area contributed by atoms with Crippen molar-refractivity contribution in [1.29, 1.82) is 0 Å². The van der Waals surface area contributed by atoms with Gasteiger partial charge in [-0.15, -0.1) is 0 Å². The molecule has 0 unspecified atom stereocenters. The van der Waals surface area contributed by atoms with Gasteiger partial charge in [0.1, 0.15) is 0 Å². The maximum Gasteiger partial charge on any atom is 0.457 e. The lowest BCUT2D eigenvalue weighted by Crippen LogP contribution is -2.42. The first-order valence-electron chi connectivity index (χ1n) is 5.67. The second kappa shape index (κ2) is 4.72. The van der Waals surface area contributed by atoms with E-state index in [1.165, 1.54) is 27.7 Å². The van der Waals surface area contributed by atoms with E-state index in [1.54, 1.807) is 0 Å². The van der Waals surface area contributed by atoms with Crippen molar-refractivity contribution in [2.75, 3.05) is 0 Å². The number of hydrogen-bond acceptors (Lipinski definition) is 0. The Hall–Kier alpha value is -1.21. The lowest BCUT2D eigenvalue weighted by Gasteiger charge is -2.12. The summed E-state index contributed by atoms with van der Waals surface area (Å²) in [5, 5.41) is 0. The van der Waals surface area contributed by atoms with E-state index in [9.17, 15) is 26.3 Å². The van der Waals surface area contributed by atoms with Crippen molar-refractivity contribution >= 4 is 0 Å². The van der Waals surface area contributed by atoms with Gasteiger partial charge in [0.05, 0.1) is 12.1 Å². The smallest absolute Gasteiger partial charge is 0.223 e. The summed E-state index contributed by atoms with van der Waals surface area (Å²) in [6.07, 6.45) is -9.24. The first-order valence-corrected chi connectivity index (χ1v) is 5.67. The van der Waals surface area contributed by atoms with Gasteiger partial charge in [-0.1, -0.05) is 0 Å². The molecule has 0 atom stereocenters. The van der Waals surface area contributed by atoms with Crippen molar-refractivity contribution < 1.29 is 30.9 Å². The van der Waals surface area contributed by atoms with Crippen LogP contribution in [0, 0.1) is 0 Å². The zero-order chi connectivity index (χ0) is 15.2. The fourth-order valence-electron chi connectivity index (χ4n) is 1.84. The highest BCUT2D eigenvalue weighted by molar-refractivity contribution is 5.16. The molecule has 0 aliphatic carbocycles. The number of alkyl halides is 6. The van der Waals surface area contributed by atoms with Crippen LogP contribution >= 0.6 is 0 Å². The normalized spacial score (nSPS) is 13.7. The summed E-state index contributed by atoms with van der Waals surface area (Å²) in [6, 6.07) is -1.45. The van der Waals surface area contributed by atoms with Gasteiger partial charge in [0.15, 0.2) is 0 Å². The van der Waals surface area contributed by atoms with Gasteiger partial charge in [0.2, 0.25) is 6.33 Å². The zero-order valence-electron chi connectivity index (χ0n) is 10.9. The summed E-state index contributed by atoms with van der Waals surface area (Å²) in [5.41, 5.74) is -3.30. The summed E-state index contributed by atoms with van der Waals surface area (Å²) in [4.78, 5) is 0. The fraction of sp³-hybridized carbons (Fsp3) is 0.727. The molecule has 1 aromatic rings. The number of hydrogen-bond donors (Lipinski definition) is 0. The molecule has 0 amide bonds. The molecule has 0 spiro atoms. The van der Waals surface area contributed by atoms with E-state index in [0.29, 0.717) is 9.13 Å². The number of halogens is 6. The Morgan fingerprint density at radius 2 is 1.42 bits per heavy atom. The van der Waals surface area contributed by atoms with Crippen molar-refractivity contribution in [1.82, 2.24) is 4.57 Å². The van der Waals surface area contributed by atoms with Gasteiger partial charge in [0, 0.05) is 0 Å². The predicted molar refractivity (Wildman–Crippen MR) is 55.4 cm³/mol. The van der Waals surface area contributed by atoms with E-state index in [2.05, 4.69) is 0 Å². The van der Waals surface area contributed by atoms with Gasteiger partial charge in [0.25, 0.3) is 11.4 Å². The summed E-state index contributed by atoms with van der Waals surface area (Å²) < 4.78 is 78.9. The molecule has 0 saturated carbocycles. The number of rotatable bonds is 2. The molecule has 8 heteroatoms. The summed E-state index contributed by atoms with van der Waals surface area (Å²) >= 11 is 0. The average Bonchev–Trinajstić information content (AvgIpc) is 2.55. The number of nitrogens with zero attached hydrogens (tertiary/aromatic N) is 2. The Labute approximate surface area is 106 Å². The van der Waals surface area contributed by atoms with Gasteiger partial charge >= 0.3 is 12.4 Å². The molecule has 0 N–H and O–H groups in total. The van der Waals surface area contributed by atoms with Crippen molar-refractivity contribution in [3.05, 3.63) is 17.7 Å². The van der Waals surface area contributed by atoms with Crippen LogP contribution in [0.1, 0.15) is 51.2 Å². The highest BCUT2D eigenvalue weighted by Crippen LogP contribution is 2.40. The van der Waals surface area contributed by atoms with Crippen LogP contribution in [0.5, 0.6) is 0 Å². The van der Waals surface area contributed by atoms with Crippen molar-refractivity contribution in [2.45, 2.75) is 52.1 Å². The second-order valence-corrected chi connectivity index (χ2v) is 4.81. The molecule has 19 heavy (non-hydrogen) atoms. The Bertz CT molecular complexity index is 412. The molecule has 0 radical (unpaired) electrons. The second-order valence-electron chi connectivity index (χ2n) is 4.81. The van der Waals surface area contributed by atoms with Crippen LogP contribution in [0.15, 0.2) is 6.33 Å². The Kier molecular flexibility index (Phi) is 3.93. The van der Waals surface area contributed by atoms with Crippen LogP contribution in [-0.2, 0) is 12.4 Å². The van der Waals surface area contributed by atoms with Crippen LogP contribution in [0.25, 0.3) is 0 Å².